The maximum absolute atomic E-state index is 12.9. The zero-order valence-corrected chi connectivity index (χ0v) is 17.6. The zero-order valence-electron chi connectivity index (χ0n) is 17.6. The number of benzene rings is 2. The Balaban J connectivity index is 2.07. The highest BCUT2D eigenvalue weighted by Crippen LogP contribution is 2.32. The van der Waals surface area contributed by atoms with Crippen molar-refractivity contribution in [3.05, 3.63) is 71.8 Å². The number of phenols is 1. The van der Waals surface area contributed by atoms with Gasteiger partial charge in [-0.05, 0) is 42.2 Å². The van der Waals surface area contributed by atoms with Gasteiger partial charge in [-0.2, -0.15) is 0 Å². The molecule has 1 unspecified atom stereocenters. The largest absolute Gasteiger partial charge is 0.507 e. The monoisotopic (exact) mass is 424 g/mol. The van der Waals surface area contributed by atoms with Crippen molar-refractivity contribution in [2.45, 2.75) is 44.7 Å². The van der Waals surface area contributed by atoms with Crippen molar-refractivity contribution in [2.75, 3.05) is 0 Å². The minimum Gasteiger partial charge on any atom is -0.507 e. The van der Waals surface area contributed by atoms with Gasteiger partial charge in [0.2, 0.25) is 0 Å². The summed E-state index contributed by atoms with van der Waals surface area (Å²) in [4.78, 5) is 12.9. The molecule has 1 aliphatic heterocycles. The molecule has 6 heteroatoms. The first-order valence-corrected chi connectivity index (χ1v) is 10.3. The van der Waals surface area contributed by atoms with Crippen LogP contribution in [0.2, 0.25) is 0 Å². The molecule has 0 radical (unpaired) electrons. The van der Waals surface area contributed by atoms with Crippen molar-refractivity contribution < 1.29 is 30.0 Å². The smallest absolute Gasteiger partial charge is 0.342 e. The number of carbonyl (C=O) groups excluding carboxylic acids is 1. The predicted molar refractivity (Wildman–Crippen MR) is 118 cm³/mol. The van der Waals surface area contributed by atoms with Crippen LogP contribution in [0.3, 0.4) is 0 Å². The number of hydrogen-bond acceptors (Lipinski definition) is 6. The number of ether oxygens (including phenoxy) is 1. The molecular weight excluding hydrogens is 396 g/mol. The molecule has 0 saturated heterocycles. The number of carbonyl (C=O) groups is 1. The molecule has 0 fully saturated rings. The first-order valence-electron chi connectivity index (χ1n) is 10.3. The highest BCUT2D eigenvalue weighted by Gasteiger charge is 2.25. The van der Waals surface area contributed by atoms with E-state index < -0.39 is 30.4 Å². The molecule has 1 heterocycles. The summed E-state index contributed by atoms with van der Waals surface area (Å²) in [6.45, 7) is 3.51. The maximum atomic E-state index is 12.9. The number of aromatic hydroxyl groups is 1. The topological polar surface area (TPSA) is 107 Å². The normalized spacial score (nSPS) is 27.3. The second-order valence-corrected chi connectivity index (χ2v) is 7.87. The van der Waals surface area contributed by atoms with Crippen molar-refractivity contribution in [1.29, 1.82) is 0 Å². The van der Waals surface area contributed by atoms with Gasteiger partial charge in [0.15, 0.2) is 0 Å². The molecule has 0 saturated carbocycles. The van der Waals surface area contributed by atoms with Crippen molar-refractivity contribution in [1.82, 2.24) is 0 Å². The molecule has 0 spiro atoms. The quantitative estimate of drug-likeness (QED) is 0.413. The number of hydrogen-bond donors (Lipinski definition) is 4. The number of aliphatic hydroxyl groups is 3. The van der Waals surface area contributed by atoms with E-state index in [4.69, 9.17) is 4.74 Å². The molecule has 0 aliphatic carbocycles. The SMILES string of the molecule is C[C@@H]1C=CC(O)[C@@H](O)[C@@H](O)CC=Cc2cc(-c3ccccc3)cc(O)c2C(=O)O[C@H]1C. The van der Waals surface area contributed by atoms with E-state index in [1.54, 1.807) is 38.1 Å². The number of cyclic esters (lactones) is 1. The lowest BCUT2D eigenvalue weighted by Gasteiger charge is -2.22. The summed E-state index contributed by atoms with van der Waals surface area (Å²) in [5, 5.41) is 41.2. The Hall–Kier alpha value is -2.93. The molecule has 0 bridgehead atoms. The van der Waals surface area contributed by atoms with E-state index in [1.807, 2.05) is 30.3 Å². The third kappa shape index (κ3) is 5.41. The Kier molecular flexibility index (Phi) is 7.28. The van der Waals surface area contributed by atoms with Gasteiger partial charge in [-0.15, -0.1) is 0 Å². The summed E-state index contributed by atoms with van der Waals surface area (Å²) >= 11 is 0. The molecule has 3 rings (SSSR count). The summed E-state index contributed by atoms with van der Waals surface area (Å²) in [7, 11) is 0. The molecule has 1 aliphatic rings. The van der Waals surface area contributed by atoms with Gasteiger partial charge in [0.25, 0.3) is 0 Å². The molecule has 31 heavy (non-hydrogen) atoms. The molecule has 5 atom stereocenters. The van der Waals surface area contributed by atoms with E-state index >= 15 is 0 Å². The summed E-state index contributed by atoms with van der Waals surface area (Å²) < 4.78 is 5.57. The van der Waals surface area contributed by atoms with Crippen molar-refractivity contribution in [2.24, 2.45) is 5.92 Å². The van der Waals surface area contributed by atoms with Crippen LogP contribution in [0.25, 0.3) is 17.2 Å². The van der Waals surface area contributed by atoms with Crippen molar-refractivity contribution >= 4 is 12.0 Å². The van der Waals surface area contributed by atoms with Crippen LogP contribution in [0.5, 0.6) is 5.75 Å². The maximum Gasteiger partial charge on any atom is 0.342 e. The lowest BCUT2D eigenvalue weighted by atomic mass is 9.96. The molecule has 6 nitrogen and oxygen atoms in total. The highest BCUT2D eigenvalue weighted by molar-refractivity contribution is 5.98. The lowest BCUT2D eigenvalue weighted by molar-refractivity contribution is -0.0395. The van der Waals surface area contributed by atoms with E-state index in [9.17, 15) is 25.2 Å². The molecule has 0 amide bonds. The van der Waals surface area contributed by atoms with E-state index in [0.29, 0.717) is 5.56 Å². The summed E-state index contributed by atoms with van der Waals surface area (Å²) in [5.41, 5.74) is 2.05. The van der Waals surface area contributed by atoms with Crippen LogP contribution >= 0.6 is 0 Å². The Morgan fingerprint density at radius 1 is 0.968 bits per heavy atom. The van der Waals surface area contributed by atoms with Gasteiger partial charge in [0, 0.05) is 5.92 Å². The van der Waals surface area contributed by atoms with Gasteiger partial charge in [0.1, 0.15) is 29.6 Å². The van der Waals surface area contributed by atoms with Gasteiger partial charge in [-0.3, -0.25) is 0 Å². The average molecular weight is 424 g/mol. The Morgan fingerprint density at radius 2 is 1.68 bits per heavy atom. The van der Waals surface area contributed by atoms with Crippen LogP contribution < -0.4 is 0 Å². The van der Waals surface area contributed by atoms with E-state index in [0.717, 1.165) is 11.1 Å². The van der Waals surface area contributed by atoms with Crippen molar-refractivity contribution in [3.63, 3.8) is 0 Å². The first kappa shape index (κ1) is 22.7. The Labute approximate surface area is 181 Å². The fraction of sp³-hybridized carbons (Fsp3) is 0.320. The second-order valence-electron chi connectivity index (χ2n) is 7.87. The Bertz CT molecular complexity index is 965. The van der Waals surface area contributed by atoms with Gasteiger partial charge < -0.3 is 25.2 Å². The average Bonchev–Trinajstić information content (AvgIpc) is 2.76. The summed E-state index contributed by atoms with van der Waals surface area (Å²) in [6.07, 6.45) is 1.87. The number of fused-ring (bicyclic) bond motifs is 1. The van der Waals surface area contributed by atoms with Gasteiger partial charge >= 0.3 is 5.97 Å². The van der Waals surface area contributed by atoms with Crippen LogP contribution in [0, 0.1) is 5.92 Å². The summed E-state index contributed by atoms with van der Waals surface area (Å²) in [6, 6.07) is 12.7. The van der Waals surface area contributed by atoms with E-state index in [1.165, 1.54) is 12.1 Å². The number of esters is 1. The minimum atomic E-state index is -1.36. The zero-order chi connectivity index (χ0) is 22.5. The fourth-order valence-corrected chi connectivity index (χ4v) is 3.40. The van der Waals surface area contributed by atoms with Crippen molar-refractivity contribution in [3.8, 4) is 16.9 Å². The molecule has 4 N–H and O–H groups in total. The van der Waals surface area contributed by atoms with Crippen LogP contribution in [0.15, 0.2) is 60.7 Å². The van der Waals surface area contributed by atoms with Gasteiger partial charge in [-0.25, -0.2) is 4.79 Å². The number of phenolic OH excluding ortho intramolecular Hbond substituents is 1. The predicted octanol–water partition coefficient (Wildman–Crippen LogP) is 3.30. The third-order valence-electron chi connectivity index (χ3n) is 5.52. The van der Waals surface area contributed by atoms with E-state index in [2.05, 4.69) is 0 Å². The minimum absolute atomic E-state index is 0.0334. The molecule has 2 aromatic rings. The van der Waals surface area contributed by atoms with Crippen LogP contribution in [-0.4, -0.2) is 50.8 Å². The number of rotatable bonds is 1. The van der Waals surface area contributed by atoms with Gasteiger partial charge in [0.05, 0.1) is 6.10 Å². The van der Waals surface area contributed by atoms with Crippen LogP contribution in [0.1, 0.15) is 36.2 Å². The number of aliphatic hydroxyl groups excluding tert-OH is 3. The lowest BCUT2D eigenvalue weighted by Crippen LogP contribution is -2.36. The molecular formula is C25H28O6. The fourth-order valence-electron chi connectivity index (χ4n) is 3.40. The Morgan fingerprint density at radius 3 is 2.39 bits per heavy atom. The van der Waals surface area contributed by atoms with Gasteiger partial charge in [-0.1, -0.05) is 61.6 Å². The van der Waals surface area contributed by atoms with E-state index in [-0.39, 0.29) is 23.7 Å². The molecule has 0 aromatic heterocycles. The molecule has 2 aromatic carbocycles. The van der Waals surface area contributed by atoms with Crippen LogP contribution in [-0.2, 0) is 4.74 Å². The van der Waals surface area contributed by atoms with Crippen LogP contribution in [0.4, 0.5) is 0 Å². The summed E-state index contributed by atoms with van der Waals surface area (Å²) in [5.74, 6) is -1.14. The highest BCUT2D eigenvalue weighted by atomic mass is 16.5. The standard InChI is InChI=1S/C25H28O6/c1-15-11-12-21(27)24(29)20(26)10-6-9-18-13-19(17-7-4-3-5-8-17)14-22(28)23(18)25(30)31-16(15)2/h3-9,11-16,20-21,24,26-29H,10H2,1-2H3/t15-,16+,20+,21?,24+/m1/s1. The molecule has 164 valence electrons. The third-order valence-corrected chi connectivity index (χ3v) is 5.52. The second kappa shape index (κ2) is 9.92. The first-order chi connectivity index (χ1) is 14.8.